The fraction of sp³-hybridized carbons (Fsp3) is 0.579. The first-order valence-corrected chi connectivity index (χ1v) is 8.32. The quantitative estimate of drug-likeness (QED) is 0.859. The van der Waals surface area contributed by atoms with Crippen LogP contribution >= 0.6 is 0 Å². The van der Waals surface area contributed by atoms with Crippen molar-refractivity contribution in [1.82, 2.24) is 4.90 Å². The van der Waals surface area contributed by atoms with Crippen LogP contribution in [0.5, 0.6) is 0 Å². The van der Waals surface area contributed by atoms with Crippen LogP contribution in [-0.4, -0.2) is 24.5 Å². The molecule has 1 fully saturated rings. The molecule has 1 aromatic carbocycles. The van der Waals surface area contributed by atoms with E-state index in [0.717, 1.165) is 18.0 Å². The molecule has 21 heavy (non-hydrogen) atoms. The van der Waals surface area contributed by atoms with Gasteiger partial charge in [-0.25, -0.2) is 0 Å². The molecule has 2 N–H and O–H groups in total. The number of hydrogen-bond donors (Lipinski definition) is 1. The smallest absolute Gasteiger partial charge is 0.0555 e. The standard InChI is InChI=1S/C19H28N2/c1-2-6-17-10-5-13-21(14-11-17)16-19-8-3-7-18(15-19)9-4-12-20/h3,7-8,15,17H,2,5-6,10-14,16,20H2,1H3. The Morgan fingerprint density at radius 1 is 1.29 bits per heavy atom. The number of rotatable bonds is 4. The lowest BCUT2D eigenvalue weighted by Gasteiger charge is -2.20. The molecule has 0 aliphatic carbocycles. The van der Waals surface area contributed by atoms with Gasteiger partial charge in [-0.15, -0.1) is 0 Å². The molecule has 114 valence electrons. The summed E-state index contributed by atoms with van der Waals surface area (Å²) in [6, 6.07) is 8.58. The van der Waals surface area contributed by atoms with Crippen LogP contribution < -0.4 is 5.73 Å². The number of nitrogens with zero attached hydrogens (tertiary/aromatic N) is 1. The summed E-state index contributed by atoms with van der Waals surface area (Å²) in [5, 5.41) is 0. The van der Waals surface area contributed by atoms with Gasteiger partial charge in [0.25, 0.3) is 0 Å². The molecule has 0 radical (unpaired) electrons. The van der Waals surface area contributed by atoms with Crippen LogP contribution in [0, 0.1) is 17.8 Å². The molecule has 1 saturated heterocycles. The second-order valence-electron chi connectivity index (χ2n) is 6.07. The van der Waals surface area contributed by atoms with Gasteiger partial charge in [0.2, 0.25) is 0 Å². The SMILES string of the molecule is CCCC1CCCN(Cc2cccc(C#CCN)c2)CC1. The molecule has 2 nitrogen and oxygen atoms in total. The minimum atomic E-state index is 0.426. The van der Waals surface area contributed by atoms with Crippen molar-refractivity contribution in [3.05, 3.63) is 35.4 Å². The van der Waals surface area contributed by atoms with Crippen LogP contribution in [0.2, 0.25) is 0 Å². The first kappa shape index (κ1) is 16.1. The molecule has 0 saturated carbocycles. The molecular formula is C19H28N2. The molecule has 1 aliphatic rings. The molecule has 1 heterocycles. The van der Waals surface area contributed by atoms with Crippen LogP contribution in [0.1, 0.15) is 50.2 Å². The topological polar surface area (TPSA) is 29.3 Å². The van der Waals surface area contributed by atoms with Crippen molar-refractivity contribution in [2.24, 2.45) is 11.7 Å². The van der Waals surface area contributed by atoms with Crippen LogP contribution in [0.15, 0.2) is 24.3 Å². The van der Waals surface area contributed by atoms with Crippen LogP contribution in [-0.2, 0) is 6.54 Å². The molecular weight excluding hydrogens is 256 g/mol. The Hall–Kier alpha value is -1.30. The van der Waals surface area contributed by atoms with Crippen molar-refractivity contribution < 1.29 is 0 Å². The van der Waals surface area contributed by atoms with Crippen molar-refractivity contribution in [2.75, 3.05) is 19.6 Å². The second-order valence-corrected chi connectivity index (χ2v) is 6.07. The fourth-order valence-corrected chi connectivity index (χ4v) is 3.24. The Morgan fingerprint density at radius 2 is 2.19 bits per heavy atom. The summed E-state index contributed by atoms with van der Waals surface area (Å²) in [5.41, 5.74) is 7.89. The minimum absolute atomic E-state index is 0.426. The van der Waals surface area contributed by atoms with Gasteiger partial charge in [0.1, 0.15) is 0 Å². The maximum Gasteiger partial charge on any atom is 0.0555 e. The van der Waals surface area contributed by atoms with Gasteiger partial charge in [0, 0.05) is 12.1 Å². The maximum atomic E-state index is 5.44. The van der Waals surface area contributed by atoms with Gasteiger partial charge in [-0.2, -0.15) is 0 Å². The normalized spacial score (nSPS) is 19.6. The summed E-state index contributed by atoms with van der Waals surface area (Å²) in [4.78, 5) is 2.60. The van der Waals surface area contributed by atoms with Crippen molar-refractivity contribution in [1.29, 1.82) is 0 Å². The van der Waals surface area contributed by atoms with E-state index in [1.54, 1.807) is 0 Å². The summed E-state index contributed by atoms with van der Waals surface area (Å²) in [7, 11) is 0. The zero-order chi connectivity index (χ0) is 14.9. The monoisotopic (exact) mass is 284 g/mol. The third-order valence-corrected chi connectivity index (χ3v) is 4.31. The lowest BCUT2D eigenvalue weighted by molar-refractivity contribution is 0.271. The number of hydrogen-bond acceptors (Lipinski definition) is 2. The van der Waals surface area contributed by atoms with E-state index >= 15 is 0 Å². The summed E-state index contributed by atoms with van der Waals surface area (Å²) >= 11 is 0. The Kier molecular flexibility index (Phi) is 6.79. The summed E-state index contributed by atoms with van der Waals surface area (Å²) in [5.74, 6) is 7.00. The van der Waals surface area contributed by atoms with Crippen LogP contribution in [0.4, 0.5) is 0 Å². The minimum Gasteiger partial charge on any atom is -0.320 e. The Balaban J connectivity index is 1.92. The molecule has 2 heteroatoms. The van der Waals surface area contributed by atoms with E-state index in [2.05, 4.69) is 47.9 Å². The summed E-state index contributed by atoms with van der Waals surface area (Å²) in [6.45, 7) is 6.25. The van der Waals surface area contributed by atoms with E-state index < -0.39 is 0 Å². The van der Waals surface area contributed by atoms with Gasteiger partial charge >= 0.3 is 0 Å². The molecule has 1 unspecified atom stereocenters. The molecule has 0 spiro atoms. The maximum absolute atomic E-state index is 5.44. The van der Waals surface area contributed by atoms with E-state index in [1.807, 2.05) is 0 Å². The Bertz CT molecular complexity index is 484. The molecule has 1 atom stereocenters. The fourth-order valence-electron chi connectivity index (χ4n) is 3.24. The van der Waals surface area contributed by atoms with Crippen molar-refractivity contribution in [3.63, 3.8) is 0 Å². The van der Waals surface area contributed by atoms with E-state index in [1.165, 1.54) is 50.8 Å². The zero-order valence-electron chi connectivity index (χ0n) is 13.3. The molecule has 0 aromatic heterocycles. The predicted octanol–water partition coefficient (Wildman–Crippen LogP) is 3.40. The first-order valence-electron chi connectivity index (χ1n) is 8.32. The molecule has 1 aliphatic heterocycles. The zero-order valence-corrected chi connectivity index (χ0v) is 13.3. The lowest BCUT2D eigenvalue weighted by atomic mass is 9.96. The Morgan fingerprint density at radius 3 is 3.00 bits per heavy atom. The lowest BCUT2D eigenvalue weighted by Crippen LogP contribution is -2.24. The average Bonchev–Trinajstić information content (AvgIpc) is 2.72. The molecule has 0 bridgehead atoms. The summed E-state index contributed by atoms with van der Waals surface area (Å²) < 4.78 is 0. The van der Waals surface area contributed by atoms with Gasteiger partial charge < -0.3 is 5.73 Å². The van der Waals surface area contributed by atoms with Crippen molar-refractivity contribution in [2.45, 2.75) is 45.6 Å². The van der Waals surface area contributed by atoms with Crippen LogP contribution in [0.25, 0.3) is 0 Å². The van der Waals surface area contributed by atoms with Crippen molar-refractivity contribution >= 4 is 0 Å². The van der Waals surface area contributed by atoms with E-state index in [0.29, 0.717) is 6.54 Å². The van der Waals surface area contributed by atoms with Crippen LogP contribution in [0.3, 0.4) is 0 Å². The molecule has 2 rings (SSSR count). The average molecular weight is 284 g/mol. The molecule has 0 amide bonds. The summed E-state index contributed by atoms with van der Waals surface area (Å²) in [6.07, 6.45) is 6.84. The number of benzene rings is 1. The van der Waals surface area contributed by atoms with Crippen molar-refractivity contribution in [3.8, 4) is 11.8 Å². The van der Waals surface area contributed by atoms with Gasteiger partial charge in [-0.3, -0.25) is 4.90 Å². The highest BCUT2D eigenvalue weighted by Crippen LogP contribution is 2.22. The van der Waals surface area contributed by atoms with Gasteiger partial charge in [0.15, 0.2) is 0 Å². The van der Waals surface area contributed by atoms with Gasteiger partial charge in [-0.1, -0.05) is 43.7 Å². The van der Waals surface area contributed by atoms with E-state index in [9.17, 15) is 0 Å². The highest BCUT2D eigenvalue weighted by atomic mass is 15.1. The first-order chi connectivity index (χ1) is 10.3. The number of likely N-dealkylation sites (tertiary alicyclic amines) is 1. The van der Waals surface area contributed by atoms with E-state index in [4.69, 9.17) is 5.73 Å². The van der Waals surface area contributed by atoms with E-state index in [-0.39, 0.29) is 0 Å². The highest BCUT2D eigenvalue weighted by molar-refractivity contribution is 5.37. The third kappa shape index (κ3) is 5.53. The van der Waals surface area contributed by atoms with Gasteiger partial charge in [0.05, 0.1) is 6.54 Å². The predicted molar refractivity (Wildman–Crippen MR) is 89.9 cm³/mol. The highest BCUT2D eigenvalue weighted by Gasteiger charge is 2.16. The molecule has 1 aromatic rings. The second kappa shape index (κ2) is 8.87. The third-order valence-electron chi connectivity index (χ3n) is 4.31. The van der Waals surface area contributed by atoms with Gasteiger partial charge in [-0.05, 0) is 56.0 Å². The number of nitrogens with two attached hydrogens (primary N) is 1. The Labute approximate surface area is 129 Å². The largest absolute Gasteiger partial charge is 0.320 e.